The van der Waals surface area contributed by atoms with Gasteiger partial charge in [-0.25, -0.2) is 0 Å². The standard InChI is InChI=1S/C17H21NO/c1-2-3-4-5-6-7-12-17(19)15-13-18-16-11-9-8-10-14(15)16/h7-13,18H,2-6H2,1H3/b12-7+. The molecule has 0 aliphatic carbocycles. The molecule has 0 bridgehead atoms. The fourth-order valence-corrected chi connectivity index (χ4v) is 2.24. The van der Waals surface area contributed by atoms with Crippen LogP contribution in [0, 0.1) is 0 Å². The highest BCUT2D eigenvalue weighted by atomic mass is 16.1. The third-order valence-corrected chi connectivity index (χ3v) is 3.35. The Morgan fingerprint density at radius 2 is 2.05 bits per heavy atom. The second-order valence-corrected chi connectivity index (χ2v) is 4.86. The Morgan fingerprint density at radius 1 is 1.21 bits per heavy atom. The van der Waals surface area contributed by atoms with E-state index >= 15 is 0 Å². The highest BCUT2D eigenvalue weighted by Crippen LogP contribution is 2.18. The Balaban J connectivity index is 1.94. The number of para-hydroxylation sites is 1. The largest absolute Gasteiger partial charge is 0.360 e. The fraction of sp³-hybridized carbons (Fsp3) is 0.353. The first kappa shape index (κ1) is 13.6. The van der Waals surface area contributed by atoms with Crippen LogP contribution in [0.25, 0.3) is 10.9 Å². The van der Waals surface area contributed by atoms with E-state index in [-0.39, 0.29) is 5.78 Å². The average Bonchev–Trinajstić information content (AvgIpc) is 2.86. The second-order valence-electron chi connectivity index (χ2n) is 4.86. The van der Waals surface area contributed by atoms with Crippen LogP contribution in [0.4, 0.5) is 0 Å². The van der Waals surface area contributed by atoms with Gasteiger partial charge < -0.3 is 4.98 Å². The summed E-state index contributed by atoms with van der Waals surface area (Å²) in [5.74, 6) is 0.0907. The predicted octanol–water partition coefficient (Wildman–Crippen LogP) is 4.88. The molecule has 0 spiro atoms. The van der Waals surface area contributed by atoms with E-state index in [1.54, 1.807) is 12.3 Å². The summed E-state index contributed by atoms with van der Waals surface area (Å²) in [6, 6.07) is 7.90. The van der Waals surface area contributed by atoms with E-state index < -0.39 is 0 Å². The van der Waals surface area contributed by atoms with Crippen LogP contribution in [0.5, 0.6) is 0 Å². The number of aromatic nitrogens is 1. The summed E-state index contributed by atoms with van der Waals surface area (Å²) in [7, 11) is 0. The monoisotopic (exact) mass is 255 g/mol. The van der Waals surface area contributed by atoms with Gasteiger partial charge in [-0.15, -0.1) is 0 Å². The Labute approximate surface area is 114 Å². The molecule has 19 heavy (non-hydrogen) atoms. The van der Waals surface area contributed by atoms with Crippen molar-refractivity contribution in [2.75, 3.05) is 0 Å². The Hall–Kier alpha value is -1.83. The molecule has 0 unspecified atom stereocenters. The Kier molecular flexibility index (Phi) is 4.96. The first-order chi connectivity index (χ1) is 9.33. The molecule has 0 radical (unpaired) electrons. The van der Waals surface area contributed by atoms with Gasteiger partial charge in [0.2, 0.25) is 0 Å². The molecule has 0 aliphatic rings. The lowest BCUT2D eigenvalue weighted by atomic mass is 10.1. The van der Waals surface area contributed by atoms with Crippen molar-refractivity contribution in [3.63, 3.8) is 0 Å². The quantitative estimate of drug-likeness (QED) is 0.427. The zero-order chi connectivity index (χ0) is 13.5. The van der Waals surface area contributed by atoms with Gasteiger partial charge in [-0.05, 0) is 25.0 Å². The lowest BCUT2D eigenvalue weighted by Gasteiger charge is -1.95. The van der Waals surface area contributed by atoms with Gasteiger partial charge in [0.1, 0.15) is 0 Å². The third-order valence-electron chi connectivity index (χ3n) is 3.35. The number of hydrogen-bond acceptors (Lipinski definition) is 1. The predicted molar refractivity (Wildman–Crippen MR) is 80.5 cm³/mol. The van der Waals surface area contributed by atoms with Crippen molar-refractivity contribution in [1.82, 2.24) is 4.98 Å². The zero-order valence-corrected chi connectivity index (χ0v) is 11.5. The van der Waals surface area contributed by atoms with Crippen LogP contribution >= 0.6 is 0 Å². The number of rotatable bonds is 7. The molecule has 2 heteroatoms. The van der Waals surface area contributed by atoms with Crippen molar-refractivity contribution < 1.29 is 4.79 Å². The van der Waals surface area contributed by atoms with E-state index in [0.29, 0.717) is 0 Å². The second kappa shape index (κ2) is 6.93. The highest BCUT2D eigenvalue weighted by Gasteiger charge is 2.07. The molecule has 0 amide bonds. The van der Waals surface area contributed by atoms with E-state index in [0.717, 1.165) is 22.9 Å². The van der Waals surface area contributed by atoms with Gasteiger partial charge >= 0.3 is 0 Å². The maximum Gasteiger partial charge on any atom is 0.187 e. The number of ketones is 1. The van der Waals surface area contributed by atoms with Crippen molar-refractivity contribution in [2.24, 2.45) is 0 Å². The Bertz CT molecular complexity index is 565. The van der Waals surface area contributed by atoms with Gasteiger partial charge in [-0.1, -0.05) is 50.5 Å². The van der Waals surface area contributed by atoms with Gasteiger partial charge in [0, 0.05) is 22.7 Å². The summed E-state index contributed by atoms with van der Waals surface area (Å²) < 4.78 is 0. The van der Waals surface area contributed by atoms with Crippen molar-refractivity contribution in [3.05, 3.63) is 48.2 Å². The molecule has 1 aromatic carbocycles. The molecule has 1 N–H and O–H groups in total. The van der Waals surface area contributed by atoms with Crippen molar-refractivity contribution in [1.29, 1.82) is 0 Å². The van der Waals surface area contributed by atoms with Crippen LogP contribution in [-0.2, 0) is 0 Å². The summed E-state index contributed by atoms with van der Waals surface area (Å²) in [6.07, 6.45) is 11.5. The molecule has 0 aliphatic heterocycles. The van der Waals surface area contributed by atoms with Crippen molar-refractivity contribution >= 4 is 16.7 Å². The summed E-state index contributed by atoms with van der Waals surface area (Å²) in [5.41, 5.74) is 1.78. The van der Waals surface area contributed by atoms with E-state index in [1.807, 2.05) is 30.3 Å². The van der Waals surface area contributed by atoms with Crippen LogP contribution < -0.4 is 0 Å². The first-order valence-electron chi connectivity index (χ1n) is 7.10. The van der Waals surface area contributed by atoms with Gasteiger partial charge in [0.15, 0.2) is 5.78 Å². The molecule has 2 rings (SSSR count). The van der Waals surface area contributed by atoms with E-state index in [1.165, 1.54) is 25.7 Å². The van der Waals surface area contributed by atoms with Crippen LogP contribution in [0.3, 0.4) is 0 Å². The molecule has 2 aromatic rings. The van der Waals surface area contributed by atoms with E-state index in [2.05, 4.69) is 11.9 Å². The number of benzene rings is 1. The summed E-state index contributed by atoms with van der Waals surface area (Å²) in [5, 5.41) is 1.00. The Morgan fingerprint density at radius 3 is 2.89 bits per heavy atom. The maximum atomic E-state index is 12.1. The van der Waals surface area contributed by atoms with E-state index in [9.17, 15) is 4.79 Å². The number of hydrogen-bond donors (Lipinski definition) is 1. The van der Waals surface area contributed by atoms with Crippen LogP contribution in [-0.4, -0.2) is 10.8 Å². The fourth-order valence-electron chi connectivity index (χ4n) is 2.24. The number of carbonyl (C=O) groups excluding carboxylic acids is 1. The van der Waals surface area contributed by atoms with Gasteiger partial charge in [-0.3, -0.25) is 4.79 Å². The molecule has 1 heterocycles. The minimum atomic E-state index is 0.0907. The van der Waals surface area contributed by atoms with Crippen LogP contribution in [0.15, 0.2) is 42.6 Å². The summed E-state index contributed by atoms with van der Waals surface area (Å²) >= 11 is 0. The first-order valence-corrected chi connectivity index (χ1v) is 7.10. The SMILES string of the molecule is CCCCCC/C=C/C(=O)c1c[nH]c2ccccc12. The molecule has 0 fully saturated rings. The highest BCUT2D eigenvalue weighted by molar-refractivity contribution is 6.13. The number of carbonyl (C=O) groups is 1. The average molecular weight is 255 g/mol. The molecule has 0 saturated carbocycles. The number of H-pyrrole nitrogens is 1. The van der Waals surface area contributed by atoms with Crippen molar-refractivity contribution in [3.8, 4) is 0 Å². The lowest BCUT2D eigenvalue weighted by Crippen LogP contribution is -1.92. The summed E-state index contributed by atoms with van der Waals surface area (Å²) in [6.45, 7) is 2.20. The van der Waals surface area contributed by atoms with Crippen molar-refractivity contribution in [2.45, 2.75) is 39.0 Å². The number of unbranched alkanes of at least 4 members (excludes halogenated alkanes) is 4. The normalized spacial score (nSPS) is 11.4. The number of nitrogens with one attached hydrogen (secondary N) is 1. The minimum Gasteiger partial charge on any atom is -0.360 e. The van der Waals surface area contributed by atoms with Gasteiger partial charge in [0.25, 0.3) is 0 Å². The molecule has 0 saturated heterocycles. The van der Waals surface area contributed by atoms with Crippen LogP contribution in [0.1, 0.15) is 49.4 Å². The topological polar surface area (TPSA) is 32.9 Å². The maximum absolute atomic E-state index is 12.1. The number of fused-ring (bicyclic) bond motifs is 1. The molecular weight excluding hydrogens is 234 g/mol. The van der Waals surface area contributed by atoms with Gasteiger partial charge in [-0.2, -0.15) is 0 Å². The molecule has 0 atom stereocenters. The smallest absolute Gasteiger partial charge is 0.187 e. The van der Waals surface area contributed by atoms with Crippen LogP contribution in [0.2, 0.25) is 0 Å². The van der Waals surface area contributed by atoms with Gasteiger partial charge in [0.05, 0.1) is 0 Å². The number of allylic oxidation sites excluding steroid dienone is 2. The molecule has 2 nitrogen and oxygen atoms in total. The molecule has 100 valence electrons. The molecular formula is C17H21NO. The zero-order valence-electron chi connectivity index (χ0n) is 11.5. The third kappa shape index (κ3) is 3.57. The lowest BCUT2D eigenvalue weighted by molar-refractivity contribution is 0.104. The summed E-state index contributed by atoms with van der Waals surface area (Å²) in [4.78, 5) is 15.2. The van der Waals surface area contributed by atoms with E-state index in [4.69, 9.17) is 0 Å². The minimum absolute atomic E-state index is 0.0907. The number of aromatic amines is 1. The molecule has 1 aromatic heterocycles.